The Labute approximate surface area is 241 Å². The molecule has 0 unspecified atom stereocenters. The molecule has 4 aromatic rings. The number of methoxy groups -OCH3 is 1. The molecule has 0 saturated carbocycles. The maximum absolute atomic E-state index is 11.8. The number of carbonyl (C=O) groups is 2. The van der Waals surface area contributed by atoms with Crippen molar-refractivity contribution >= 4 is 52.4 Å². The molecule has 210 valence electrons. The first-order valence-electron chi connectivity index (χ1n) is 12.5. The molecule has 2 aromatic carbocycles. The van der Waals surface area contributed by atoms with Gasteiger partial charge in [-0.05, 0) is 54.6 Å². The van der Waals surface area contributed by atoms with E-state index < -0.39 is 0 Å². The lowest BCUT2D eigenvalue weighted by Crippen LogP contribution is -2.18. The van der Waals surface area contributed by atoms with Gasteiger partial charge in [-0.2, -0.15) is 4.98 Å². The fourth-order valence-electron chi connectivity index (χ4n) is 3.46. The Morgan fingerprint density at radius 1 is 0.976 bits per heavy atom. The zero-order chi connectivity index (χ0) is 29.0. The lowest BCUT2D eigenvalue weighted by Gasteiger charge is -2.14. The van der Waals surface area contributed by atoms with E-state index in [1.807, 2.05) is 24.3 Å². The zero-order valence-electron chi connectivity index (χ0n) is 22.5. The molecule has 2 heterocycles. The first-order valence-corrected chi connectivity index (χ1v) is 13.5. The SMILES string of the molecule is C=CC(=O)Nc1cccc(Nc2nc(Nc3ccc(Oc4ccnc(C(=O)NC)c4)cc3)ncc2SCCOC)c1. The summed E-state index contributed by atoms with van der Waals surface area (Å²) in [6, 6.07) is 17.8. The van der Waals surface area contributed by atoms with Crippen molar-refractivity contribution in [1.29, 1.82) is 0 Å². The molecule has 0 aliphatic heterocycles. The molecule has 2 aromatic heterocycles. The molecule has 4 rings (SSSR count). The third-order valence-electron chi connectivity index (χ3n) is 5.42. The Morgan fingerprint density at radius 2 is 1.78 bits per heavy atom. The number of nitrogens with zero attached hydrogens (tertiary/aromatic N) is 3. The predicted molar refractivity (Wildman–Crippen MR) is 161 cm³/mol. The van der Waals surface area contributed by atoms with Crippen LogP contribution in [0.1, 0.15) is 10.5 Å². The van der Waals surface area contributed by atoms with Gasteiger partial charge in [0.05, 0.1) is 11.5 Å². The van der Waals surface area contributed by atoms with E-state index in [9.17, 15) is 9.59 Å². The summed E-state index contributed by atoms with van der Waals surface area (Å²) in [6.45, 7) is 4.06. The van der Waals surface area contributed by atoms with Crippen LogP contribution in [0.4, 0.5) is 28.8 Å². The number of anilines is 5. The second kappa shape index (κ2) is 14.4. The van der Waals surface area contributed by atoms with Gasteiger partial charge in [0, 0.05) is 55.4 Å². The fourth-order valence-corrected chi connectivity index (χ4v) is 4.29. The van der Waals surface area contributed by atoms with Crippen LogP contribution in [0.15, 0.2) is 90.6 Å². The van der Waals surface area contributed by atoms with Crippen LogP contribution in [0.5, 0.6) is 11.5 Å². The number of pyridine rings is 1. The van der Waals surface area contributed by atoms with Gasteiger partial charge in [-0.1, -0.05) is 12.6 Å². The van der Waals surface area contributed by atoms with Gasteiger partial charge in [0.15, 0.2) is 0 Å². The normalized spacial score (nSPS) is 10.4. The minimum Gasteiger partial charge on any atom is -0.457 e. The van der Waals surface area contributed by atoms with Crippen molar-refractivity contribution in [1.82, 2.24) is 20.3 Å². The van der Waals surface area contributed by atoms with Crippen LogP contribution < -0.4 is 26.0 Å². The summed E-state index contributed by atoms with van der Waals surface area (Å²) in [6.07, 6.45) is 4.48. The fraction of sp³-hybridized carbons (Fsp3) is 0.138. The van der Waals surface area contributed by atoms with Gasteiger partial charge >= 0.3 is 0 Å². The molecule has 0 aliphatic rings. The van der Waals surface area contributed by atoms with Crippen molar-refractivity contribution in [2.24, 2.45) is 0 Å². The molecule has 12 heteroatoms. The van der Waals surface area contributed by atoms with E-state index in [-0.39, 0.29) is 17.5 Å². The lowest BCUT2D eigenvalue weighted by molar-refractivity contribution is -0.111. The highest BCUT2D eigenvalue weighted by atomic mass is 32.2. The second-order valence-electron chi connectivity index (χ2n) is 8.35. The van der Waals surface area contributed by atoms with Crippen LogP contribution in [-0.2, 0) is 9.53 Å². The van der Waals surface area contributed by atoms with Gasteiger partial charge in [0.2, 0.25) is 11.9 Å². The molecular formula is C29H29N7O4S. The van der Waals surface area contributed by atoms with E-state index in [1.54, 1.807) is 68.5 Å². The van der Waals surface area contributed by atoms with Crippen LogP contribution in [-0.4, -0.2) is 53.3 Å². The highest BCUT2D eigenvalue weighted by Crippen LogP contribution is 2.30. The van der Waals surface area contributed by atoms with Crippen molar-refractivity contribution in [3.05, 3.63) is 91.4 Å². The summed E-state index contributed by atoms with van der Waals surface area (Å²) in [7, 11) is 3.20. The van der Waals surface area contributed by atoms with Gasteiger partial charge in [-0.15, -0.1) is 11.8 Å². The van der Waals surface area contributed by atoms with Crippen molar-refractivity contribution in [2.75, 3.05) is 42.5 Å². The number of rotatable bonds is 13. The summed E-state index contributed by atoms with van der Waals surface area (Å²) in [5.41, 5.74) is 2.38. The third-order valence-corrected chi connectivity index (χ3v) is 6.40. The molecule has 0 atom stereocenters. The number of carbonyl (C=O) groups excluding carboxylic acids is 2. The Hall–Kier alpha value is -4.94. The second-order valence-corrected chi connectivity index (χ2v) is 9.49. The molecular weight excluding hydrogens is 542 g/mol. The van der Waals surface area contributed by atoms with Crippen molar-refractivity contribution < 1.29 is 19.1 Å². The molecule has 41 heavy (non-hydrogen) atoms. The molecule has 11 nitrogen and oxygen atoms in total. The molecule has 0 radical (unpaired) electrons. The molecule has 0 aliphatic carbocycles. The first-order chi connectivity index (χ1) is 20.0. The van der Waals surface area contributed by atoms with E-state index in [0.29, 0.717) is 35.6 Å². The van der Waals surface area contributed by atoms with Gasteiger partial charge in [0.25, 0.3) is 5.91 Å². The number of ether oxygens (including phenoxy) is 2. The molecule has 0 spiro atoms. The average molecular weight is 572 g/mol. The van der Waals surface area contributed by atoms with Crippen LogP contribution in [0.3, 0.4) is 0 Å². The Bertz CT molecular complexity index is 1520. The smallest absolute Gasteiger partial charge is 0.269 e. The first kappa shape index (κ1) is 29.1. The zero-order valence-corrected chi connectivity index (χ0v) is 23.3. The topological polar surface area (TPSA) is 139 Å². The molecule has 0 saturated heterocycles. The Balaban J connectivity index is 1.49. The van der Waals surface area contributed by atoms with E-state index >= 15 is 0 Å². The summed E-state index contributed by atoms with van der Waals surface area (Å²) in [5.74, 6) is 2.20. The van der Waals surface area contributed by atoms with Crippen molar-refractivity contribution in [2.45, 2.75) is 4.90 Å². The lowest BCUT2D eigenvalue weighted by atomic mass is 10.2. The summed E-state index contributed by atoms with van der Waals surface area (Å²) < 4.78 is 11.1. The Morgan fingerprint density at radius 3 is 2.54 bits per heavy atom. The van der Waals surface area contributed by atoms with Crippen molar-refractivity contribution in [3.8, 4) is 11.5 Å². The highest BCUT2D eigenvalue weighted by Gasteiger charge is 2.11. The number of hydrogen-bond acceptors (Lipinski definition) is 10. The summed E-state index contributed by atoms with van der Waals surface area (Å²) in [5, 5.41) is 11.8. The number of hydrogen-bond donors (Lipinski definition) is 4. The molecule has 0 bridgehead atoms. The minimum atomic E-state index is -0.294. The van der Waals surface area contributed by atoms with Crippen molar-refractivity contribution in [3.63, 3.8) is 0 Å². The molecule has 4 N–H and O–H groups in total. The maximum Gasteiger partial charge on any atom is 0.269 e. The minimum absolute atomic E-state index is 0.266. The van der Waals surface area contributed by atoms with E-state index in [1.165, 1.54) is 12.3 Å². The van der Waals surface area contributed by atoms with Gasteiger partial charge in [-0.3, -0.25) is 14.6 Å². The largest absolute Gasteiger partial charge is 0.457 e. The predicted octanol–water partition coefficient (Wildman–Crippen LogP) is 5.37. The van der Waals surface area contributed by atoms with Crippen LogP contribution in [0, 0.1) is 0 Å². The Kier molecular flexibility index (Phi) is 10.2. The average Bonchev–Trinajstić information content (AvgIpc) is 2.99. The number of nitrogens with one attached hydrogen (secondary N) is 4. The summed E-state index contributed by atoms with van der Waals surface area (Å²) in [4.78, 5) is 37.6. The van der Waals surface area contributed by atoms with Crippen LogP contribution >= 0.6 is 11.8 Å². The number of thioether (sulfide) groups is 1. The van der Waals surface area contributed by atoms with E-state index in [0.717, 1.165) is 22.0 Å². The number of amides is 2. The maximum atomic E-state index is 11.8. The van der Waals surface area contributed by atoms with Crippen LogP contribution in [0.25, 0.3) is 0 Å². The molecule has 0 fully saturated rings. The van der Waals surface area contributed by atoms with E-state index in [4.69, 9.17) is 14.5 Å². The summed E-state index contributed by atoms with van der Waals surface area (Å²) >= 11 is 1.56. The van der Waals surface area contributed by atoms with Gasteiger partial charge < -0.3 is 30.7 Å². The van der Waals surface area contributed by atoms with Gasteiger partial charge in [-0.25, -0.2) is 4.98 Å². The number of aromatic nitrogens is 3. The quantitative estimate of drug-likeness (QED) is 0.0940. The third kappa shape index (κ3) is 8.52. The standard InChI is InChI=1S/C29H29N7O4S/c1-4-26(37)33-20-6-5-7-21(16-20)34-27-25(41-15-14-39-3)18-32-29(36-27)35-19-8-10-22(11-9-19)40-23-12-13-31-24(17-23)28(38)30-2/h4-13,16-18H,1,14-15H2,2-3H3,(H,30,38)(H,33,37)(H2,32,34,35,36). The van der Waals surface area contributed by atoms with Crippen LogP contribution in [0.2, 0.25) is 0 Å². The number of benzene rings is 2. The van der Waals surface area contributed by atoms with E-state index in [2.05, 4.69) is 37.8 Å². The molecule has 2 amide bonds. The van der Waals surface area contributed by atoms with Gasteiger partial charge in [0.1, 0.15) is 23.0 Å². The highest BCUT2D eigenvalue weighted by molar-refractivity contribution is 7.99. The monoisotopic (exact) mass is 571 g/mol.